The molecule has 6 nitrogen and oxygen atoms in total. The lowest BCUT2D eigenvalue weighted by Gasteiger charge is -2.18. The molecule has 0 aromatic carbocycles. The second kappa shape index (κ2) is 46.8. The van der Waals surface area contributed by atoms with E-state index in [9.17, 15) is 14.4 Å². The van der Waals surface area contributed by atoms with Crippen molar-refractivity contribution < 1.29 is 28.6 Å². The van der Waals surface area contributed by atoms with Crippen LogP contribution in [0.5, 0.6) is 0 Å². The molecule has 0 N–H and O–H groups in total. The molecule has 0 aliphatic heterocycles. The number of hydrogen-bond donors (Lipinski definition) is 0. The van der Waals surface area contributed by atoms with Gasteiger partial charge in [-0.15, -0.1) is 0 Å². The van der Waals surface area contributed by atoms with Crippen molar-refractivity contribution in [3.63, 3.8) is 0 Å². The number of carbonyl (C=O) groups is 3. The third kappa shape index (κ3) is 45.0. The molecule has 332 valence electrons. The summed E-state index contributed by atoms with van der Waals surface area (Å²) < 4.78 is 16.7. The average molecular weight is 817 g/mol. The standard InChI is InChI=1S/C53H84O6/c1-4-7-10-13-16-19-22-24-26-28-31-34-37-40-43-46-52(55)58-49-50(48-57-51(54)45-42-39-36-33-30-21-18-15-12-9-6-3)59-53(56)47-44-41-38-35-32-29-27-25-23-20-17-14-11-8-5-2/h7-14,16-23,33,36,50H,4-6,15,24-32,34-35,37-49H2,1-3H3/b10-7-,11-8-,12-9-,16-13-,17-14-,21-18-,22-19-,23-20-,36-33-. The van der Waals surface area contributed by atoms with Gasteiger partial charge < -0.3 is 14.2 Å². The van der Waals surface area contributed by atoms with E-state index < -0.39 is 6.10 Å². The van der Waals surface area contributed by atoms with E-state index in [0.717, 1.165) is 96.3 Å². The molecule has 0 bridgehead atoms. The summed E-state index contributed by atoms with van der Waals surface area (Å²) in [5, 5.41) is 0. The number of rotatable bonds is 40. The molecule has 59 heavy (non-hydrogen) atoms. The molecule has 0 aliphatic rings. The Balaban J connectivity index is 4.49. The zero-order valence-corrected chi connectivity index (χ0v) is 37.7. The molecule has 0 saturated carbocycles. The molecule has 1 atom stereocenters. The Kier molecular flexibility index (Phi) is 43.6. The SMILES string of the molecule is CC\C=C/C=C\C=C/CCCCCCCCCC(=O)OCC(COC(=O)CCC/C=C\C/C=C\C/C=C\CC)OC(=O)CCCCCCCCC\C=C/C=C\C=C/CC. The lowest BCUT2D eigenvalue weighted by Crippen LogP contribution is -2.30. The van der Waals surface area contributed by atoms with E-state index in [0.29, 0.717) is 19.3 Å². The molecule has 0 heterocycles. The summed E-state index contributed by atoms with van der Waals surface area (Å²) in [6.45, 7) is 6.16. The fraction of sp³-hybridized carbons (Fsp3) is 0.604. The minimum atomic E-state index is -0.810. The van der Waals surface area contributed by atoms with E-state index in [1.165, 1.54) is 44.9 Å². The Labute approximate surface area is 361 Å². The Hall–Kier alpha value is -3.93. The number of hydrogen-bond acceptors (Lipinski definition) is 6. The third-order valence-corrected chi connectivity index (χ3v) is 9.38. The van der Waals surface area contributed by atoms with Crippen molar-refractivity contribution in [2.24, 2.45) is 0 Å². The second-order valence-electron chi connectivity index (χ2n) is 15.0. The maximum absolute atomic E-state index is 12.7. The molecular formula is C53H84O6. The van der Waals surface area contributed by atoms with Crippen molar-refractivity contribution in [2.75, 3.05) is 13.2 Å². The van der Waals surface area contributed by atoms with E-state index in [4.69, 9.17) is 14.2 Å². The topological polar surface area (TPSA) is 78.9 Å². The van der Waals surface area contributed by atoms with Gasteiger partial charge in [-0.25, -0.2) is 0 Å². The Morgan fingerprint density at radius 1 is 0.356 bits per heavy atom. The minimum Gasteiger partial charge on any atom is -0.462 e. The first-order valence-electron chi connectivity index (χ1n) is 23.5. The summed E-state index contributed by atoms with van der Waals surface area (Å²) in [6, 6.07) is 0. The van der Waals surface area contributed by atoms with Crippen LogP contribution in [0.15, 0.2) is 109 Å². The van der Waals surface area contributed by atoms with E-state index in [2.05, 4.69) is 130 Å². The smallest absolute Gasteiger partial charge is 0.306 e. The largest absolute Gasteiger partial charge is 0.462 e. The molecular weight excluding hydrogens is 733 g/mol. The predicted octanol–water partition coefficient (Wildman–Crippen LogP) is 15.2. The number of allylic oxidation sites excluding steroid dienone is 18. The highest BCUT2D eigenvalue weighted by Crippen LogP contribution is 2.13. The second-order valence-corrected chi connectivity index (χ2v) is 15.0. The number of ether oxygens (including phenoxy) is 3. The zero-order valence-electron chi connectivity index (χ0n) is 37.7. The van der Waals surface area contributed by atoms with Crippen molar-refractivity contribution in [1.82, 2.24) is 0 Å². The van der Waals surface area contributed by atoms with E-state index in [1.54, 1.807) is 0 Å². The van der Waals surface area contributed by atoms with Crippen molar-refractivity contribution in [3.8, 4) is 0 Å². The van der Waals surface area contributed by atoms with Crippen molar-refractivity contribution in [3.05, 3.63) is 109 Å². The van der Waals surface area contributed by atoms with Crippen molar-refractivity contribution >= 4 is 17.9 Å². The Morgan fingerprint density at radius 3 is 1.19 bits per heavy atom. The lowest BCUT2D eigenvalue weighted by atomic mass is 10.1. The first-order valence-corrected chi connectivity index (χ1v) is 23.5. The highest BCUT2D eigenvalue weighted by molar-refractivity contribution is 5.71. The van der Waals surface area contributed by atoms with Crippen LogP contribution in [0.1, 0.15) is 188 Å². The highest BCUT2D eigenvalue weighted by Gasteiger charge is 2.19. The fourth-order valence-electron chi connectivity index (χ4n) is 5.93. The van der Waals surface area contributed by atoms with Crippen LogP contribution in [0.25, 0.3) is 0 Å². The van der Waals surface area contributed by atoms with Gasteiger partial charge in [-0.1, -0.05) is 194 Å². The van der Waals surface area contributed by atoms with Crippen LogP contribution in [0.3, 0.4) is 0 Å². The predicted molar refractivity (Wildman–Crippen MR) is 251 cm³/mol. The van der Waals surface area contributed by atoms with Gasteiger partial charge in [-0.2, -0.15) is 0 Å². The van der Waals surface area contributed by atoms with Gasteiger partial charge in [0, 0.05) is 19.3 Å². The lowest BCUT2D eigenvalue weighted by molar-refractivity contribution is -0.167. The van der Waals surface area contributed by atoms with Gasteiger partial charge in [-0.3, -0.25) is 14.4 Å². The number of unbranched alkanes of at least 4 members (excludes halogenated alkanes) is 15. The molecule has 0 fully saturated rings. The highest BCUT2D eigenvalue weighted by atomic mass is 16.6. The monoisotopic (exact) mass is 817 g/mol. The van der Waals surface area contributed by atoms with Gasteiger partial charge in [0.05, 0.1) is 0 Å². The number of esters is 3. The van der Waals surface area contributed by atoms with Crippen molar-refractivity contribution in [1.29, 1.82) is 0 Å². The van der Waals surface area contributed by atoms with Crippen LogP contribution in [0.2, 0.25) is 0 Å². The first kappa shape index (κ1) is 55.1. The molecule has 0 aromatic rings. The zero-order chi connectivity index (χ0) is 43.0. The molecule has 0 spiro atoms. The molecule has 0 aromatic heterocycles. The fourth-order valence-corrected chi connectivity index (χ4v) is 5.93. The summed E-state index contributed by atoms with van der Waals surface area (Å²) in [5.41, 5.74) is 0. The molecule has 0 rings (SSSR count). The van der Waals surface area contributed by atoms with Gasteiger partial charge in [0.15, 0.2) is 6.10 Å². The Bertz CT molecular complexity index is 1260. The van der Waals surface area contributed by atoms with Crippen LogP contribution in [-0.2, 0) is 28.6 Å². The maximum atomic E-state index is 12.7. The molecule has 1 unspecified atom stereocenters. The van der Waals surface area contributed by atoms with E-state index >= 15 is 0 Å². The van der Waals surface area contributed by atoms with E-state index in [-0.39, 0.29) is 37.5 Å². The third-order valence-electron chi connectivity index (χ3n) is 9.38. The summed E-state index contributed by atoms with van der Waals surface area (Å²) in [7, 11) is 0. The first-order chi connectivity index (χ1) is 29.0. The van der Waals surface area contributed by atoms with Gasteiger partial charge >= 0.3 is 17.9 Å². The molecule has 0 radical (unpaired) electrons. The van der Waals surface area contributed by atoms with Crippen LogP contribution >= 0.6 is 0 Å². The molecule has 0 saturated heterocycles. The minimum absolute atomic E-state index is 0.108. The van der Waals surface area contributed by atoms with Crippen LogP contribution < -0.4 is 0 Å². The van der Waals surface area contributed by atoms with E-state index in [1.807, 2.05) is 0 Å². The Morgan fingerprint density at radius 2 is 0.712 bits per heavy atom. The maximum Gasteiger partial charge on any atom is 0.306 e. The molecule has 0 amide bonds. The summed E-state index contributed by atoms with van der Waals surface area (Å²) in [6.07, 6.45) is 62.2. The van der Waals surface area contributed by atoms with Crippen LogP contribution in [-0.4, -0.2) is 37.2 Å². The molecule has 6 heteroatoms. The normalized spacial score (nSPS) is 13.1. The number of carbonyl (C=O) groups excluding carboxylic acids is 3. The average Bonchev–Trinajstić information content (AvgIpc) is 3.23. The summed E-state index contributed by atoms with van der Waals surface area (Å²) in [4.78, 5) is 37.8. The van der Waals surface area contributed by atoms with Gasteiger partial charge in [0.25, 0.3) is 0 Å². The van der Waals surface area contributed by atoms with Crippen LogP contribution in [0, 0.1) is 0 Å². The summed E-state index contributed by atoms with van der Waals surface area (Å²) >= 11 is 0. The van der Waals surface area contributed by atoms with Gasteiger partial charge in [0.2, 0.25) is 0 Å². The molecule has 0 aliphatic carbocycles. The van der Waals surface area contributed by atoms with Gasteiger partial charge in [0.1, 0.15) is 13.2 Å². The van der Waals surface area contributed by atoms with Crippen molar-refractivity contribution in [2.45, 2.75) is 194 Å². The summed E-state index contributed by atoms with van der Waals surface area (Å²) in [5.74, 6) is -0.998. The quantitative estimate of drug-likeness (QED) is 0.0201. The van der Waals surface area contributed by atoms with Crippen LogP contribution in [0.4, 0.5) is 0 Å². The van der Waals surface area contributed by atoms with Gasteiger partial charge in [-0.05, 0) is 83.5 Å².